The fourth-order valence-electron chi connectivity index (χ4n) is 3.18. The predicted octanol–water partition coefficient (Wildman–Crippen LogP) is 4.37. The van der Waals surface area contributed by atoms with E-state index in [9.17, 15) is 17.6 Å². The van der Waals surface area contributed by atoms with Gasteiger partial charge in [-0.25, -0.2) is 24.3 Å². The monoisotopic (exact) mass is 390 g/mol. The van der Waals surface area contributed by atoms with E-state index in [2.05, 4.69) is 19.9 Å². The molecule has 0 radical (unpaired) electrons. The molecule has 1 fully saturated rings. The van der Waals surface area contributed by atoms with Crippen LogP contribution in [0.25, 0.3) is 11.6 Å². The smallest absolute Gasteiger partial charge is 0.419 e. The van der Waals surface area contributed by atoms with Crippen molar-refractivity contribution in [2.45, 2.75) is 24.4 Å². The number of rotatable bonds is 4. The van der Waals surface area contributed by atoms with Crippen LogP contribution in [0, 0.1) is 5.82 Å². The lowest BCUT2D eigenvalue weighted by atomic mass is 10.0. The van der Waals surface area contributed by atoms with Gasteiger partial charge in [0.1, 0.15) is 0 Å². The average molecular weight is 390 g/mol. The van der Waals surface area contributed by atoms with E-state index >= 15 is 0 Å². The van der Waals surface area contributed by atoms with Gasteiger partial charge in [-0.05, 0) is 47.6 Å². The van der Waals surface area contributed by atoms with Crippen molar-refractivity contribution in [2.24, 2.45) is 0 Å². The van der Waals surface area contributed by atoms with E-state index in [1.807, 2.05) is 0 Å². The summed E-state index contributed by atoms with van der Waals surface area (Å²) in [6.45, 7) is 0. The van der Waals surface area contributed by atoms with Gasteiger partial charge in [0, 0.05) is 24.8 Å². The van der Waals surface area contributed by atoms with E-state index in [-0.39, 0.29) is 11.8 Å². The Hall–Kier alpha value is -3.10. The first-order valence-electron chi connectivity index (χ1n) is 8.42. The molecule has 0 amide bonds. The third-order valence-corrected chi connectivity index (χ3v) is 4.67. The summed E-state index contributed by atoms with van der Waals surface area (Å²) in [4.78, 5) is 16.6. The van der Waals surface area contributed by atoms with Crippen LogP contribution in [0.5, 0.6) is 5.75 Å². The number of hydrogen-bond donors (Lipinski definition) is 0. The molecule has 9 heteroatoms. The van der Waals surface area contributed by atoms with E-state index in [0.717, 1.165) is 18.7 Å². The first-order valence-corrected chi connectivity index (χ1v) is 8.42. The van der Waals surface area contributed by atoms with Crippen LogP contribution in [0.2, 0.25) is 0 Å². The molecule has 1 aromatic carbocycles. The Balaban J connectivity index is 1.59. The maximum absolute atomic E-state index is 14.0. The molecular weight excluding hydrogens is 376 g/mol. The van der Waals surface area contributed by atoms with E-state index in [0.29, 0.717) is 23.6 Å². The van der Waals surface area contributed by atoms with Crippen LogP contribution in [-0.2, 0) is 6.18 Å². The molecule has 28 heavy (non-hydrogen) atoms. The van der Waals surface area contributed by atoms with Crippen molar-refractivity contribution in [2.75, 3.05) is 7.11 Å². The number of halogens is 4. The number of alkyl halides is 3. The van der Waals surface area contributed by atoms with Crippen molar-refractivity contribution >= 4 is 0 Å². The molecule has 3 aromatic rings. The Labute approximate surface area is 157 Å². The summed E-state index contributed by atoms with van der Waals surface area (Å²) < 4.78 is 58.2. The maximum atomic E-state index is 14.0. The molecule has 5 nitrogen and oxygen atoms in total. The number of benzene rings is 1. The van der Waals surface area contributed by atoms with Crippen LogP contribution in [0.1, 0.15) is 34.9 Å². The molecule has 144 valence electrons. The molecule has 1 aliphatic carbocycles. The lowest BCUT2D eigenvalue weighted by Crippen LogP contribution is -2.10. The summed E-state index contributed by atoms with van der Waals surface area (Å²) in [6.07, 6.45) is 2.23. The molecule has 0 saturated heterocycles. The summed E-state index contributed by atoms with van der Waals surface area (Å²) in [6, 6.07) is 3.86. The lowest BCUT2D eigenvalue weighted by Gasteiger charge is -2.13. The second-order valence-corrected chi connectivity index (χ2v) is 6.44. The van der Waals surface area contributed by atoms with Gasteiger partial charge in [0.15, 0.2) is 23.2 Å². The van der Waals surface area contributed by atoms with Gasteiger partial charge >= 0.3 is 6.18 Å². The molecule has 4 rings (SSSR count). The normalized spacial score (nSPS) is 18.8. The fourth-order valence-corrected chi connectivity index (χ4v) is 3.18. The Morgan fingerprint density at radius 3 is 2.14 bits per heavy atom. The van der Waals surface area contributed by atoms with Crippen molar-refractivity contribution in [3.8, 4) is 17.4 Å². The molecule has 0 bridgehead atoms. The SMILES string of the molecule is COc1cc([C@H]2C[C@H]2c2cnc(-c3ncccn3)nc2)cc(C(F)(F)F)c1F. The van der Waals surface area contributed by atoms with Crippen molar-refractivity contribution in [1.82, 2.24) is 19.9 Å². The maximum Gasteiger partial charge on any atom is 0.419 e. The summed E-state index contributed by atoms with van der Waals surface area (Å²) >= 11 is 0. The van der Waals surface area contributed by atoms with Gasteiger partial charge in [-0.3, -0.25) is 0 Å². The molecule has 1 aliphatic rings. The van der Waals surface area contributed by atoms with Crippen molar-refractivity contribution in [1.29, 1.82) is 0 Å². The van der Waals surface area contributed by atoms with E-state index in [1.54, 1.807) is 30.9 Å². The quantitative estimate of drug-likeness (QED) is 0.619. The fraction of sp³-hybridized carbons (Fsp3) is 0.263. The molecule has 0 unspecified atom stereocenters. The minimum absolute atomic E-state index is 0.0398. The topological polar surface area (TPSA) is 60.8 Å². The molecule has 2 aromatic heterocycles. The zero-order valence-electron chi connectivity index (χ0n) is 14.6. The summed E-state index contributed by atoms with van der Waals surface area (Å²) in [5.41, 5.74) is -0.145. The second kappa shape index (κ2) is 6.81. The first-order chi connectivity index (χ1) is 13.4. The van der Waals surface area contributed by atoms with E-state index in [4.69, 9.17) is 4.74 Å². The molecular formula is C19H14F4N4O. The minimum Gasteiger partial charge on any atom is -0.494 e. The van der Waals surface area contributed by atoms with E-state index in [1.165, 1.54) is 6.07 Å². The Morgan fingerprint density at radius 2 is 1.54 bits per heavy atom. The van der Waals surface area contributed by atoms with Crippen LogP contribution < -0.4 is 4.74 Å². The molecule has 2 heterocycles. The molecule has 0 spiro atoms. The highest BCUT2D eigenvalue weighted by Crippen LogP contribution is 2.55. The highest BCUT2D eigenvalue weighted by Gasteiger charge is 2.43. The summed E-state index contributed by atoms with van der Waals surface area (Å²) in [5.74, 6) is -1.28. The summed E-state index contributed by atoms with van der Waals surface area (Å²) in [5, 5.41) is 0. The number of methoxy groups -OCH3 is 1. The van der Waals surface area contributed by atoms with Gasteiger partial charge in [0.2, 0.25) is 0 Å². The van der Waals surface area contributed by atoms with Gasteiger partial charge in [-0.1, -0.05) is 0 Å². The van der Waals surface area contributed by atoms with Gasteiger partial charge in [-0.2, -0.15) is 13.2 Å². The number of nitrogens with zero attached hydrogens (tertiary/aromatic N) is 4. The first kappa shape index (κ1) is 18.3. The highest BCUT2D eigenvalue weighted by atomic mass is 19.4. The van der Waals surface area contributed by atoms with Crippen LogP contribution >= 0.6 is 0 Å². The number of aromatic nitrogens is 4. The molecule has 1 saturated carbocycles. The second-order valence-electron chi connectivity index (χ2n) is 6.44. The van der Waals surface area contributed by atoms with Crippen LogP contribution in [0.3, 0.4) is 0 Å². The third-order valence-electron chi connectivity index (χ3n) is 4.67. The number of hydrogen-bond acceptors (Lipinski definition) is 5. The van der Waals surface area contributed by atoms with Crippen molar-refractivity contribution < 1.29 is 22.3 Å². The lowest BCUT2D eigenvalue weighted by molar-refractivity contribution is -0.140. The zero-order valence-corrected chi connectivity index (χ0v) is 14.6. The van der Waals surface area contributed by atoms with Crippen LogP contribution in [0.15, 0.2) is 43.0 Å². The molecule has 0 N–H and O–H groups in total. The van der Waals surface area contributed by atoms with Gasteiger partial charge in [0.05, 0.1) is 12.7 Å². The third kappa shape index (κ3) is 3.39. The molecule has 2 atom stereocenters. The Morgan fingerprint density at radius 1 is 0.929 bits per heavy atom. The zero-order chi connectivity index (χ0) is 19.9. The van der Waals surface area contributed by atoms with Gasteiger partial charge in [-0.15, -0.1) is 0 Å². The highest BCUT2D eigenvalue weighted by molar-refractivity contribution is 5.45. The van der Waals surface area contributed by atoms with Crippen LogP contribution in [-0.4, -0.2) is 27.0 Å². The predicted molar refractivity (Wildman–Crippen MR) is 91.1 cm³/mol. The van der Waals surface area contributed by atoms with E-state index < -0.39 is 23.3 Å². The van der Waals surface area contributed by atoms with Crippen molar-refractivity contribution in [3.05, 3.63) is 65.5 Å². The Bertz CT molecular complexity index is 993. The van der Waals surface area contributed by atoms with Gasteiger partial charge < -0.3 is 4.74 Å². The average Bonchev–Trinajstić information content (AvgIpc) is 3.49. The molecule has 0 aliphatic heterocycles. The van der Waals surface area contributed by atoms with Crippen LogP contribution in [0.4, 0.5) is 17.6 Å². The minimum atomic E-state index is -4.79. The largest absolute Gasteiger partial charge is 0.494 e. The number of ether oxygens (including phenoxy) is 1. The summed E-state index contributed by atoms with van der Waals surface area (Å²) in [7, 11) is 1.14. The van der Waals surface area contributed by atoms with Gasteiger partial charge in [0.25, 0.3) is 0 Å². The standard InChI is InChI=1S/C19H14F4N4O/c1-28-15-6-10(5-14(16(15)20)19(21,22)23)12-7-13(12)11-8-26-18(27-9-11)17-24-3-2-4-25-17/h2-6,8-9,12-13H,7H2,1H3/t12-,13+/m1/s1. The Kier molecular flexibility index (Phi) is 4.44. The van der Waals surface area contributed by atoms with Crippen molar-refractivity contribution in [3.63, 3.8) is 0 Å².